The van der Waals surface area contributed by atoms with E-state index in [-0.39, 0.29) is 6.79 Å². The summed E-state index contributed by atoms with van der Waals surface area (Å²) in [6, 6.07) is 11.3. The molecular formula is C14H13N3O2S. The zero-order valence-corrected chi connectivity index (χ0v) is 11.7. The van der Waals surface area contributed by atoms with Gasteiger partial charge >= 0.3 is 0 Å². The van der Waals surface area contributed by atoms with Crippen LogP contribution < -0.4 is 20.1 Å². The van der Waals surface area contributed by atoms with Gasteiger partial charge in [0.1, 0.15) is 5.82 Å². The largest absolute Gasteiger partial charge is 0.454 e. The molecule has 0 spiro atoms. The number of hydrogen-bond acceptors (Lipinski definition) is 4. The van der Waals surface area contributed by atoms with Crippen LogP contribution in [0.5, 0.6) is 11.5 Å². The van der Waals surface area contributed by atoms with E-state index in [0.29, 0.717) is 16.7 Å². The molecule has 0 radical (unpaired) electrons. The van der Waals surface area contributed by atoms with Crippen molar-refractivity contribution in [3.63, 3.8) is 0 Å². The second-order valence-corrected chi connectivity index (χ2v) is 4.72. The van der Waals surface area contributed by atoms with Gasteiger partial charge < -0.3 is 20.1 Å². The van der Waals surface area contributed by atoms with Crippen LogP contribution in [-0.2, 0) is 0 Å². The first kappa shape index (κ1) is 12.7. The summed E-state index contributed by atoms with van der Waals surface area (Å²) in [6.45, 7) is 2.19. The lowest BCUT2D eigenvalue weighted by atomic mass is 10.3. The number of thiocarbonyl (C=S) groups is 1. The van der Waals surface area contributed by atoms with Gasteiger partial charge in [0.25, 0.3) is 0 Å². The van der Waals surface area contributed by atoms with Crippen molar-refractivity contribution in [2.75, 3.05) is 17.4 Å². The fraction of sp³-hybridized carbons (Fsp3) is 0.143. The van der Waals surface area contributed by atoms with E-state index in [1.165, 1.54) is 0 Å². The van der Waals surface area contributed by atoms with Gasteiger partial charge in [-0.15, -0.1) is 0 Å². The lowest BCUT2D eigenvalue weighted by Crippen LogP contribution is -2.19. The van der Waals surface area contributed by atoms with E-state index in [2.05, 4.69) is 15.6 Å². The number of fused-ring (bicyclic) bond motifs is 1. The Balaban J connectivity index is 1.67. The normalized spacial score (nSPS) is 12.1. The quantitative estimate of drug-likeness (QED) is 0.828. The molecule has 20 heavy (non-hydrogen) atoms. The van der Waals surface area contributed by atoms with Crippen molar-refractivity contribution in [1.29, 1.82) is 0 Å². The molecule has 1 aliphatic rings. The van der Waals surface area contributed by atoms with E-state index < -0.39 is 0 Å². The van der Waals surface area contributed by atoms with Crippen molar-refractivity contribution >= 4 is 28.8 Å². The van der Waals surface area contributed by atoms with Crippen LogP contribution in [0.2, 0.25) is 0 Å². The molecule has 3 rings (SSSR count). The lowest BCUT2D eigenvalue weighted by molar-refractivity contribution is 0.174. The van der Waals surface area contributed by atoms with Crippen LogP contribution in [0.3, 0.4) is 0 Å². The highest BCUT2D eigenvalue weighted by Crippen LogP contribution is 2.34. The molecular weight excluding hydrogens is 274 g/mol. The Hall–Kier alpha value is -2.34. The number of nitrogens with one attached hydrogen (secondary N) is 2. The molecule has 2 N–H and O–H groups in total. The van der Waals surface area contributed by atoms with Crippen LogP contribution >= 0.6 is 12.2 Å². The Morgan fingerprint density at radius 3 is 2.85 bits per heavy atom. The van der Waals surface area contributed by atoms with Gasteiger partial charge in [-0.2, -0.15) is 0 Å². The number of nitrogens with zero attached hydrogens (tertiary/aromatic N) is 1. The maximum absolute atomic E-state index is 5.32. The standard InChI is InChI=1S/C14H13N3O2S/c1-9-3-2-4-13(15-9)17-14(20)16-10-5-6-11-12(7-10)19-8-18-11/h2-7H,8H2,1H3,(H2,15,16,17,20). The number of pyridine rings is 1. The molecule has 6 heteroatoms. The molecule has 0 aliphatic carbocycles. The lowest BCUT2D eigenvalue weighted by Gasteiger charge is -2.10. The fourth-order valence-corrected chi connectivity index (χ4v) is 2.09. The minimum Gasteiger partial charge on any atom is -0.454 e. The summed E-state index contributed by atoms with van der Waals surface area (Å²) in [5.41, 5.74) is 1.76. The monoisotopic (exact) mass is 287 g/mol. The SMILES string of the molecule is Cc1cccc(NC(=S)Nc2ccc3c(c2)OCO3)n1. The third-order valence-electron chi connectivity index (χ3n) is 2.76. The van der Waals surface area contributed by atoms with Gasteiger partial charge in [0, 0.05) is 17.4 Å². The number of aryl methyl sites for hydroxylation is 1. The zero-order chi connectivity index (χ0) is 13.9. The van der Waals surface area contributed by atoms with Crippen molar-refractivity contribution in [3.8, 4) is 11.5 Å². The molecule has 0 unspecified atom stereocenters. The molecule has 0 amide bonds. The molecule has 5 nitrogen and oxygen atoms in total. The maximum atomic E-state index is 5.32. The van der Waals surface area contributed by atoms with Gasteiger partial charge in [0.2, 0.25) is 6.79 Å². The Morgan fingerprint density at radius 2 is 2.00 bits per heavy atom. The van der Waals surface area contributed by atoms with E-state index in [1.54, 1.807) is 0 Å². The summed E-state index contributed by atoms with van der Waals surface area (Å²) in [6.07, 6.45) is 0. The summed E-state index contributed by atoms with van der Waals surface area (Å²) >= 11 is 5.25. The Kier molecular flexibility index (Phi) is 3.39. The molecule has 2 heterocycles. The minimum absolute atomic E-state index is 0.259. The summed E-state index contributed by atoms with van der Waals surface area (Å²) in [4.78, 5) is 4.33. The number of hydrogen-bond donors (Lipinski definition) is 2. The van der Waals surface area contributed by atoms with Gasteiger partial charge in [0.05, 0.1) is 0 Å². The van der Waals surface area contributed by atoms with Crippen LogP contribution in [0.15, 0.2) is 36.4 Å². The summed E-state index contributed by atoms with van der Waals surface area (Å²) in [5.74, 6) is 2.17. The van der Waals surface area contributed by atoms with E-state index in [9.17, 15) is 0 Å². The van der Waals surface area contributed by atoms with Gasteiger partial charge in [-0.05, 0) is 43.4 Å². The highest BCUT2D eigenvalue weighted by molar-refractivity contribution is 7.80. The third-order valence-corrected chi connectivity index (χ3v) is 2.96. The zero-order valence-electron chi connectivity index (χ0n) is 10.8. The van der Waals surface area contributed by atoms with Crippen LogP contribution in [0.25, 0.3) is 0 Å². The molecule has 1 aromatic carbocycles. The molecule has 0 saturated heterocycles. The number of anilines is 2. The predicted molar refractivity (Wildman–Crippen MR) is 81.4 cm³/mol. The molecule has 1 aliphatic heterocycles. The molecule has 1 aromatic heterocycles. The average molecular weight is 287 g/mol. The first-order valence-electron chi connectivity index (χ1n) is 6.12. The number of aromatic nitrogens is 1. The molecule has 0 saturated carbocycles. The molecule has 0 fully saturated rings. The molecule has 102 valence electrons. The van der Waals surface area contributed by atoms with Crippen molar-refractivity contribution in [3.05, 3.63) is 42.1 Å². The summed E-state index contributed by atoms with van der Waals surface area (Å²) < 4.78 is 10.6. The number of benzene rings is 1. The first-order valence-corrected chi connectivity index (χ1v) is 6.53. The average Bonchev–Trinajstić information content (AvgIpc) is 2.86. The second kappa shape index (κ2) is 5.34. The first-order chi connectivity index (χ1) is 9.70. The third kappa shape index (κ3) is 2.80. The van der Waals surface area contributed by atoms with Crippen LogP contribution in [0.1, 0.15) is 5.69 Å². The summed E-state index contributed by atoms with van der Waals surface area (Å²) in [7, 11) is 0. The van der Waals surface area contributed by atoms with Crippen molar-refractivity contribution in [2.24, 2.45) is 0 Å². The topological polar surface area (TPSA) is 55.4 Å². The van der Waals surface area contributed by atoms with Crippen molar-refractivity contribution in [2.45, 2.75) is 6.92 Å². The van der Waals surface area contributed by atoms with Crippen LogP contribution in [0, 0.1) is 6.92 Å². The van der Waals surface area contributed by atoms with Gasteiger partial charge in [0.15, 0.2) is 16.6 Å². The second-order valence-electron chi connectivity index (χ2n) is 4.31. The molecule has 0 atom stereocenters. The Labute approximate surface area is 121 Å². The van der Waals surface area contributed by atoms with Gasteiger partial charge in [-0.1, -0.05) is 6.07 Å². The Bertz CT molecular complexity index is 661. The van der Waals surface area contributed by atoms with E-state index in [4.69, 9.17) is 21.7 Å². The molecule has 0 bridgehead atoms. The van der Waals surface area contributed by atoms with Crippen LogP contribution in [-0.4, -0.2) is 16.9 Å². The van der Waals surface area contributed by atoms with E-state index >= 15 is 0 Å². The highest BCUT2D eigenvalue weighted by Gasteiger charge is 2.13. The number of ether oxygens (including phenoxy) is 2. The van der Waals surface area contributed by atoms with Gasteiger partial charge in [-0.25, -0.2) is 4.98 Å². The summed E-state index contributed by atoms with van der Waals surface area (Å²) in [5, 5.41) is 6.59. The maximum Gasteiger partial charge on any atom is 0.231 e. The predicted octanol–water partition coefficient (Wildman–Crippen LogP) is 2.93. The molecule has 2 aromatic rings. The highest BCUT2D eigenvalue weighted by atomic mass is 32.1. The Morgan fingerprint density at radius 1 is 1.15 bits per heavy atom. The van der Waals surface area contributed by atoms with Gasteiger partial charge in [-0.3, -0.25) is 0 Å². The minimum atomic E-state index is 0.259. The fourth-order valence-electron chi connectivity index (χ4n) is 1.87. The van der Waals surface area contributed by atoms with Crippen molar-refractivity contribution in [1.82, 2.24) is 4.98 Å². The van der Waals surface area contributed by atoms with Crippen LogP contribution in [0.4, 0.5) is 11.5 Å². The van der Waals surface area contributed by atoms with Crippen molar-refractivity contribution < 1.29 is 9.47 Å². The van der Waals surface area contributed by atoms with E-state index in [1.807, 2.05) is 43.3 Å². The number of rotatable bonds is 2. The smallest absolute Gasteiger partial charge is 0.231 e. The van der Waals surface area contributed by atoms with E-state index in [0.717, 1.165) is 17.1 Å².